The minimum atomic E-state index is -0.231. The second-order valence-corrected chi connectivity index (χ2v) is 9.39. The van der Waals surface area contributed by atoms with E-state index >= 15 is 0 Å². The molecule has 5 heterocycles. The van der Waals surface area contributed by atoms with Crippen molar-refractivity contribution in [3.63, 3.8) is 0 Å². The van der Waals surface area contributed by atoms with Gasteiger partial charge in [-0.25, -0.2) is 9.97 Å². The molecule has 1 amide bonds. The smallest absolute Gasteiger partial charge is 0.272 e. The van der Waals surface area contributed by atoms with E-state index in [2.05, 4.69) is 31.1 Å². The van der Waals surface area contributed by atoms with Gasteiger partial charge in [0.05, 0.1) is 36.7 Å². The normalized spacial score (nSPS) is 20.8. The predicted octanol–water partition coefficient (Wildman–Crippen LogP) is 2.89. The number of imidazole rings is 1. The molecule has 2 aliphatic rings. The van der Waals surface area contributed by atoms with Crippen LogP contribution < -0.4 is 4.74 Å². The number of piperazine rings is 1. The minimum Gasteiger partial charge on any atom is -0.480 e. The Balaban J connectivity index is 1.32. The van der Waals surface area contributed by atoms with Gasteiger partial charge in [-0.05, 0) is 30.5 Å². The van der Waals surface area contributed by atoms with E-state index in [-0.39, 0.29) is 11.9 Å². The molecule has 6 rings (SSSR count). The highest BCUT2D eigenvalue weighted by atomic mass is 16.5. The van der Waals surface area contributed by atoms with Gasteiger partial charge in [0.1, 0.15) is 17.6 Å². The van der Waals surface area contributed by atoms with Crippen molar-refractivity contribution in [1.29, 1.82) is 0 Å². The molecule has 10 nitrogen and oxygen atoms in total. The van der Waals surface area contributed by atoms with Gasteiger partial charge in [-0.3, -0.25) is 14.8 Å². The fraction of sp³-hybridized carbons (Fsp3) is 0.385. The van der Waals surface area contributed by atoms with Crippen molar-refractivity contribution in [3.05, 3.63) is 60.3 Å². The first-order chi connectivity index (χ1) is 17.7. The van der Waals surface area contributed by atoms with E-state index in [0.717, 1.165) is 60.7 Å². The maximum Gasteiger partial charge on any atom is 0.272 e. The first-order valence-corrected chi connectivity index (χ1v) is 12.3. The van der Waals surface area contributed by atoms with Crippen molar-refractivity contribution in [2.24, 2.45) is 5.92 Å². The molecule has 3 aromatic heterocycles. The number of nitrogens with one attached hydrogen (secondary N) is 2. The summed E-state index contributed by atoms with van der Waals surface area (Å²) in [6.45, 7) is 4.69. The molecule has 0 bridgehead atoms. The zero-order chi connectivity index (χ0) is 24.5. The van der Waals surface area contributed by atoms with Gasteiger partial charge in [0.2, 0.25) is 5.88 Å². The summed E-state index contributed by atoms with van der Waals surface area (Å²) >= 11 is 0. The molecule has 186 valence electrons. The number of amides is 1. The molecule has 0 spiro atoms. The summed E-state index contributed by atoms with van der Waals surface area (Å²) in [7, 11) is 1.62. The maximum atomic E-state index is 13.4. The summed E-state index contributed by atoms with van der Waals surface area (Å²) in [6.07, 6.45) is 4.48. The van der Waals surface area contributed by atoms with Crippen LogP contribution in [-0.2, 0) is 4.74 Å². The molecule has 2 atom stereocenters. The Hall–Kier alpha value is -3.76. The summed E-state index contributed by atoms with van der Waals surface area (Å²) in [6, 6.07) is 11.5. The summed E-state index contributed by atoms with van der Waals surface area (Å²) in [5, 5.41) is 7.80. The van der Waals surface area contributed by atoms with Gasteiger partial charge in [0.15, 0.2) is 0 Å². The predicted molar refractivity (Wildman–Crippen MR) is 134 cm³/mol. The quantitative estimate of drug-likeness (QED) is 0.430. The zero-order valence-electron chi connectivity index (χ0n) is 20.2. The standard InChI is InChI=1S/C26H29N7O3/c1-35-25-19(12-18-4-2-3-5-20(18)30-25)22-13-27-24(29-22)23-15-32(14-17-7-11-36-16-17)9-10-33(23)26(34)21-6-8-28-31-21/h2-6,8,12-13,17,23H,7,9-11,14-16H2,1H3,(H,27,29)(H,28,31). The number of carbonyl (C=O) groups is 1. The highest BCUT2D eigenvalue weighted by molar-refractivity contribution is 5.92. The number of H-pyrrole nitrogens is 2. The van der Waals surface area contributed by atoms with Crippen molar-refractivity contribution in [1.82, 2.24) is 34.9 Å². The van der Waals surface area contributed by atoms with Gasteiger partial charge >= 0.3 is 0 Å². The van der Waals surface area contributed by atoms with E-state index < -0.39 is 0 Å². The van der Waals surface area contributed by atoms with Crippen LogP contribution in [0.15, 0.2) is 48.8 Å². The molecule has 4 aromatic rings. The second kappa shape index (κ2) is 9.71. The Morgan fingerprint density at radius 1 is 1.25 bits per heavy atom. The highest BCUT2D eigenvalue weighted by Gasteiger charge is 2.35. The second-order valence-electron chi connectivity index (χ2n) is 9.39. The average molecular weight is 488 g/mol. The van der Waals surface area contributed by atoms with Crippen LogP contribution in [0.2, 0.25) is 0 Å². The molecule has 0 saturated carbocycles. The van der Waals surface area contributed by atoms with Crippen molar-refractivity contribution in [2.45, 2.75) is 12.5 Å². The third kappa shape index (κ3) is 4.33. The number of benzene rings is 1. The Kier molecular flexibility index (Phi) is 6.12. The number of carbonyl (C=O) groups excluding carboxylic acids is 1. The molecule has 2 aliphatic heterocycles. The molecule has 0 aliphatic carbocycles. The summed E-state index contributed by atoms with van der Waals surface area (Å²) < 4.78 is 11.2. The topological polar surface area (TPSA) is 112 Å². The van der Waals surface area contributed by atoms with E-state index in [1.807, 2.05) is 29.2 Å². The van der Waals surface area contributed by atoms with Crippen LogP contribution in [0.3, 0.4) is 0 Å². The number of methoxy groups -OCH3 is 1. The fourth-order valence-electron chi connectivity index (χ4n) is 5.19. The third-order valence-electron chi connectivity index (χ3n) is 7.08. The molecule has 2 unspecified atom stereocenters. The molecule has 2 N–H and O–H groups in total. The van der Waals surface area contributed by atoms with Crippen molar-refractivity contribution >= 4 is 16.8 Å². The number of hydrogen-bond donors (Lipinski definition) is 2. The van der Waals surface area contributed by atoms with E-state index in [4.69, 9.17) is 14.5 Å². The minimum absolute atomic E-state index is 0.0794. The Morgan fingerprint density at radius 3 is 2.97 bits per heavy atom. The number of pyridine rings is 1. The summed E-state index contributed by atoms with van der Waals surface area (Å²) in [5.41, 5.74) is 2.98. The molecule has 0 radical (unpaired) electrons. The van der Waals surface area contributed by atoms with Crippen LogP contribution in [-0.4, -0.2) is 87.4 Å². The first kappa shape index (κ1) is 22.7. The molecular formula is C26H29N7O3. The van der Waals surface area contributed by atoms with Crippen LogP contribution in [0.5, 0.6) is 5.88 Å². The number of hydrogen-bond acceptors (Lipinski definition) is 7. The molecule has 2 saturated heterocycles. The first-order valence-electron chi connectivity index (χ1n) is 12.3. The molecule has 10 heteroatoms. The summed E-state index contributed by atoms with van der Waals surface area (Å²) in [4.78, 5) is 30.6. The van der Waals surface area contributed by atoms with Gasteiger partial charge in [-0.2, -0.15) is 5.10 Å². The van der Waals surface area contributed by atoms with Crippen LogP contribution in [0, 0.1) is 5.92 Å². The van der Waals surface area contributed by atoms with Crippen LogP contribution in [0.25, 0.3) is 22.2 Å². The van der Waals surface area contributed by atoms with Crippen LogP contribution in [0.1, 0.15) is 28.8 Å². The van der Waals surface area contributed by atoms with E-state index in [0.29, 0.717) is 30.6 Å². The lowest BCUT2D eigenvalue weighted by atomic mass is 10.1. The van der Waals surface area contributed by atoms with Crippen LogP contribution >= 0.6 is 0 Å². The highest BCUT2D eigenvalue weighted by Crippen LogP contribution is 2.33. The Labute approximate surface area is 208 Å². The number of ether oxygens (including phenoxy) is 2. The van der Waals surface area contributed by atoms with Gasteiger partial charge in [-0.15, -0.1) is 0 Å². The SMILES string of the molecule is COc1nc2ccccc2cc1-c1cnc(C2CN(CC3CCOC3)CCN2C(=O)c2ccn[nH]2)[nH]1. The van der Waals surface area contributed by atoms with E-state index in [1.54, 1.807) is 25.6 Å². The van der Waals surface area contributed by atoms with Crippen molar-refractivity contribution < 1.29 is 14.3 Å². The molecular weight excluding hydrogens is 458 g/mol. The zero-order valence-corrected chi connectivity index (χ0v) is 20.2. The Bertz CT molecular complexity index is 1350. The lowest BCUT2D eigenvalue weighted by Crippen LogP contribution is -2.52. The maximum absolute atomic E-state index is 13.4. The lowest BCUT2D eigenvalue weighted by molar-refractivity contribution is 0.0388. The van der Waals surface area contributed by atoms with Crippen molar-refractivity contribution in [2.75, 3.05) is 46.5 Å². The summed E-state index contributed by atoms with van der Waals surface area (Å²) in [5.74, 6) is 1.71. The number of rotatable bonds is 6. The van der Waals surface area contributed by atoms with Gasteiger partial charge in [0, 0.05) is 44.4 Å². The largest absolute Gasteiger partial charge is 0.480 e. The monoisotopic (exact) mass is 487 g/mol. The van der Waals surface area contributed by atoms with Gasteiger partial charge < -0.3 is 19.4 Å². The number of fused-ring (bicyclic) bond motifs is 1. The van der Waals surface area contributed by atoms with E-state index in [9.17, 15) is 4.79 Å². The van der Waals surface area contributed by atoms with Gasteiger partial charge in [0.25, 0.3) is 5.91 Å². The molecule has 2 fully saturated rings. The van der Waals surface area contributed by atoms with E-state index in [1.165, 1.54) is 0 Å². The number of nitrogens with zero attached hydrogens (tertiary/aromatic N) is 5. The third-order valence-corrected chi connectivity index (χ3v) is 7.08. The number of aromatic amines is 2. The Morgan fingerprint density at radius 2 is 2.17 bits per heavy atom. The molecule has 36 heavy (non-hydrogen) atoms. The lowest BCUT2D eigenvalue weighted by Gasteiger charge is -2.41. The molecule has 1 aromatic carbocycles. The van der Waals surface area contributed by atoms with Gasteiger partial charge in [-0.1, -0.05) is 18.2 Å². The fourth-order valence-corrected chi connectivity index (χ4v) is 5.19. The van der Waals surface area contributed by atoms with Crippen molar-refractivity contribution in [3.8, 4) is 17.1 Å². The number of aromatic nitrogens is 5. The van der Waals surface area contributed by atoms with Crippen LogP contribution in [0.4, 0.5) is 0 Å². The average Bonchev–Trinajstić information content (AvgIpc) is 3.71. The number of para-hydroxylation sites is 1.